The molecule has 4 rings (SSSR count). The molecule has 0 aliphatic carbocycles. The van der Waals surface area contributed by atoms with Crippen molar-refractivity contribution in [2.75, 3.05) is 32.8 Å². The molecule has 4 fully saturated rings. The van der Waals surface area contributed by atoms with Crippen LogP contribution in [0.2, 0.25) is 0 Å². The third kappa shape index (κ3) is 4.07. The van der Waals surface area contributed by atoms with Gasteiger partial charge in [-0.05, 0) is 68.2 Å². The highest BCUT2D eigenvalue weighted by Gasteiger charge is 2.44. The van der Waals surface area contributed by atoms with Crippen LogP contribution in [-0.4, -0.2) is 87.7 Å². The molecule has 4 unspecified atom stereocenters. The van der Waals surface area contributed by atoms with Gasteiger partial charge < -0.3 is 0 Å². The van der Waals surface area contributed by atoms with Crippen LogP contribution in [0.1, 0.15) is 68.2 Å². The molecule has 4 atom stereocenters. The van der Waals surface area contributed by atoms with Crippen LogP contribution in [0.5, 0.6) is 0 Å². The number of hydrogen-bond acceptors (Lipinski definition) is 4. The maximum atomic E-state index is 2.80. The van der Waals surface area contributed by atoms with E-state index < -0.39 is 0 Å². The normalized spacial score (nSPS) is 37.0. The van der Waals surface area contributed by atoms with Gasteiger partial charge in [-0.3, -0.25) is 19.6 Å². The third-order valence-corrected chi connectivity index (χ3v) is 6.90. The van der Waals surface area contributed by atoms with Crippen LogP contribution in [0.25, 0.3) is 0 Å². The molecule has 2 bridgehead atoms. The van der Waals surface area contributed by atoms with E-state index in [0.29, 0.717) is 17.6 Å². The maximum Gasteiger partial charge on any atom is 0.0516 e. The van der Waals surface area contributed by atoms with Crippen molar-refractivity contribution in [3.63, 3.8) is 0 Å². The Kier molecular flexibility index (Phi) is 5.31. The smallest absolute Gasteiger partial charge is 0.0516 e. The molecule has 4 aliphatic rings. The van der Waals surface area contributed by atoms with E-state index in [0.717, 1.165) is 12.1 Å². The molecule has 0 aromatic heterocycles. The van der Waals surface area contributed by atoms with E-state index in [4.69, 9.17) is 0 Å². The fourth-order valence-electron chi connectivity index (χ4n) is 5.30. The van der Waals surface area contributed by atoms with Gasteiger partial charge in [0.2, 0.25) is 0 Å². The number of fused-ring (bicyclic) bond motifs is 3. The Hall–Kier alpha value is -0.160. The van der Waals surface area contributed by atoms with E-state index in [9.17, 15) is 0 Å². The van der Waals surface area contributed by atoms with Crippen molar-refractivity contribution in [2.24, 2.45) is 0 Å². The zero-order valence-electron chi connectivity index (χ0n) is 18.0. The lowest BCUT2D eigenvalue weighted by molar-refractivity contribution is -0.102. The van der Waals surface area contributed by atoms with Gasteiger partial charge in [0, 0.05) is 61.4 Å². The molecule has 146 valence electrons. The Bertz CT molecular complexity index is 451. The van der Waals surface area contributed by atoms with E-state index in [2.05, 4.69) is 75.0 Å². The summed E-state index contributed by atoms with van der Waals surface area (Å²) in [6, 6.07) is 2.79. The van der Waals surface area contributed by atoms with Crippen molar-refractivity contribution in [2.45, 2.75) is 103 Å². The second-order valence-corrected chi connectivity index (χ2v) is 10.9. The first kappa shape index (κ1) is 19.6. The first-order valence-electron chi connectivity index (χ1n) is 10.5. The number of piperidine rings is 2. The number of rotatable bonds is 2. The van der Waals surface area contributed by atoms with Gasteiger partial charge in [0.05, 0.1) is 6.67 Å². The Labute approximate surface area is 156 Å². The highest BCUT2D eigenvalue weighted by molar-refractivity contribution is 5.00. The minimum absolute atomic E-state index is 0.284. The molecule has 4 heterocycles. The summed E-state index contributed by atoms with van der Waals surface area (Å²) in [6.45, 7) is 25.2. The lowest BCUT2D eigenvalue weighted by atomic mass is 9.87. The van der Waals surface area contributed by atoms with Gasteiger partial charge in [-0.25, -0.2) is 0 Å². The van der Waals surface area contributed by atoms with E-state index in [1.165, 1.54) is 45.7 Å². The second-order valence-electron chi connectivity index (χ2n) is 10.9. The van der Waals surface area contributed by atoms with Crippen molar-refractivity contribution in [3.8, 4) is 0 Å². The lowest BCUT2D eigenvalue weighted by Gasteiger charge is -2.58. The predicted octanol–water partition coefficient (Wildman–Crippen LogP) is 3.08. The summed E-state index contributed by atoms with van der Waals surface area (Å²) in [5.74, 6) is 0. The summed E-state index contributed by atoms with van der Waals surface area (Å²) in [5, 5.41) is 0. The van der Waals surface area contributed by atoms with Crippen molar-refractivity contribution in [3.05, 3.63) is 0 Å². The van der Waals surface area contributed by atoms with Crippen LogP contribution < -0.4 is 0 Å². The molecule has 0 N–H and O–H groups in total. The summed E-state index contributed by atoms with van der Waals surface area (Å²) in [7, 11) is 0. The molecule has 25 heavy (non-hydrogen) atoms. The predicted molar refractivity (Wildman–Crippen MR) is 107 cm³/mol. The van der Waals surface area contributed by atoms with Crippen LogP contribution in [0, 0.1) is 0 Å². The van der Waals surface area contributed by atoms with Crippen LogP contribution >= 0.6 is 0 Å². The van der Waals surface area contributed by atoms with Crippen LogP contribution in [-0.2, 0) is 0 Å². The average molecular weight is 351 g/mol. The van der Waals surface area contributed by atoms with E-state index in [1.54, 1.807) is 0 Å². The van der Waals surface area contributed by atoms with Gasteiger partial charge in [-0.2, -0.15) is 0 Å². The van der Waals surface area contributed by atoms with Crippen molar-refractivity contribution in [1.82, 2.24) is 19.6 Å². The van der Waals surface area contributed by atoms with E-state index in [-0.39, 0.29) is 5.54 Å². The van der Waals surface area contributed by atoms with Crippen LogP contribution in [0.3, 0.4) is 0 Å². The Morgan fingerprint density at radius 3 is 1.72 bits per heavy atom. The second kappa shape index (κ2) is 6.78. The fraction of sp³-hybridized carbons (Fsp3) is 1.00. The van der Waals surface area contributed by atoms with Gasteiger partial charge in [0.1, 0.15) is 0 Å². The topological polar surface area (TPSA) is 13.0 Å². The lowest BCUT2D eigenvalue weighted by Crippen LogP contribution is -2.69. The zero-order chi connectivity index (χ0) is 18.6. The summed E-state index contributed by atoms with van der Waals surface area (Å²) in [5.41, 5.74) is 0.598. The van der Waals surface area contributed by atoms with E-state index in [1.807, 2.05) is 0 Å². The fourth-order valence-corrected chi connectivity index (χ4v) is 5.30. The summed E-state index contributed by atoms with van der Waals surface area (Å²) in [6.07, 6.45) is 2.78. The highest BCUT2D eigenvalue weighted by Crippen LogP contribution is 2.34. The first-order valence-corrected chi connectivity index (χ1v) is 10.5. The number of nitrogens with zero attached hydrogens (tertiary/aromatic N) is 4. The molecular weight excluding hydrogens is 308 g/mol. The quantitative estimate of drug-likeness (QED) is 0.759. The molecule has 4 heteroatoms. The van der Waals surface area contributed by atoms with Gasteiger partial charge in [0.15, 0.2) is 0 Å². The molecule has 0 amide bonds. The van der Waals surface area contributed by atoms with Gasteiger partial charge >= 0.3 is 0 Å². The Balaban J connectivity index is 1.62. The number of piperazine rings is 2. The largest absolute Gasteiger partial charge is 0.295 e. The Morgan fingerprint density at radius 2 is 1.28 bits per heavy atom. The summed E-state index contributed by atoms with van der Waals surface area (Å²) in [4.78, 5) is 11.0. The standard InChI is InChI=1S/C21H42N4/c1-16-11-23(20(3,4)5)12-17(2)24(16)15-22-13-19-10-9-18(22)14-25(19)21(6,7)8/h16-19H,9-15H2,1-8H3. The molecule has 0 radical (unpaired) electrons. The minimum Gasteiger partial charge on any atom is -0.295 e. The molecule has 0 spiro atoms. The maximum absolute atomic E-state index is 2.80. The number of hydrogen-bond donors (Lipinski definition) is 0. The monoisotopic (exact) mass is 350 g/mol. The van der Waals surface area contributed by atoms with Crippen LogP contribution in [0.4, 0.5) is 0 Å². The summed E-state index contributed by atoms with van der Waals surface area (Å²) < 4.78 is 0. The molecule has 4 nitrogen and oxygen atoms in total. The minimum atomic E-state index is 0.284. The van der Waals surface area contributed by atoms with Crippen molar-refractivity contribution < 1.29 is 0 Å². The van der Waals surface area contributed by atoms with Gasteiger partial charge in [-0.1, -0.05) is 0 Å². The molecule has 4 aliphatic heterocycles. The molecule has 0 aromatic carbocycles. The van der Waals surface area contributed by atoms with Crippen molar-refractivity contribution in [1.29, 1.82) is 0 Å². The highest BCUT2D eigenvalue weighted by atomic mass is 15.4. The average Bonchev–Trinajstić information content (AvgIpc) is 2.49. The first-order chi connectivity index (χ1) is 11.5. The van der Waals surface area contributed by atoms with Crippen LogP contribution in [0.15, 0.2) is 0 Å². The third-order valence-electron chi connectivity index (χ3n) is 6.90. The van der Waals surface area contributed by atoms with Crippen molar-refractivity contribution >= 4 is 0 Å². The Morgan fingerprint density at radius 1 is 0.720 bits per heavy atom. The zero-order valence-corrected chi connectivity index (χ0v) is 18.0. The van der Waals surface area contributed by atoms with Gasteiger partial charge in [0.25, 0.3) is 0 Å². The molecule has 0 saturated carbocycles. The molecular formula is C21H42N4. The summed E-state index contributed by atoms with van der Waals surface area (Å²) >= 11 is 0. The SMILES string of the molecule is CC1CN(C(C)(C)C)CC(C)N1CN1CC2CCC1CN2C(C)(C)C. The molecule has 4 saturated heterocycles. The molecule has 0 aromatic rings. The van der Waals surface area contributed by atoms with E-state index >= 15 is 0 Å². The van der Waals surface area contributed by atoms with Gasteiger partial charge in [-0.15, -0.1) is 0 Å².